The molecule has 1 aromatic heterocycles. The van der Waals surface area contributed by atoms with E-state index in [1.165, 1.54) is 16.2 Å². The number of hydrogen-bond donors (Lipinski definition) is 3. The van der Waals surface area contributed by atoms with Crippen molar-refractivity contribution in [1.29, 1.82) is 0 Å². The number of amides is 4. The summed E-state index contributed by atoms with van der Waals surface area (Å²) in [6.45, 7) is 9.55. The van der Waals surface area contributed by atoms with Crippen molar-refractivity contribution in [2.45, 2.75) is 84.5 Å². The molecule has 0 bridgehead atoms. The molecule has 1 atom stereocenters. The third-order valence-electron chi connectivity index (χ3n) is 6.60. The Kier molecular flexibility index (Phi) is 11.2. The summed E-state index contributed by atoms with van der Waals surface area (Å²) >= 11 is 1.19. The van der Waals surface area contributed by atoms with Crippen LogP contribution in [-0.4, -0.2) is 53.2 Å². The first-order chi connectivity index (χ1) is 19.7. The fourth-order valence-corrected chi connectivity index (χ4v) is 5.75. The van der Waals surface area contributed by atoms with Crippen LogP contribution in [0.25, 0.3) is 16.5 Å². The van der Waals surface area contributed by atoms with Crippen molar-refractivity contribution in [1.82, 2.24) is 4.90 Å². The Bertz CT molecular complexity index is 1290. The van der Waals surface area contributed by atoms with Gasteiger partial charge in [0.2, 0.25) is 0 Å². The van der Waals surface area contributed by atoms with Crippen LogP contribution in [0.2, 0.25) is 0 Å². The summed E-state index contributed by atoms with van der Waals surface area (Å²) < 4.78 is 11.5. The average Bonchev–Trinajstić information content (AvgIpc) is 3.54. The number of benzene rings is 1. The Morgan fingerprint density at radius 3 is 2.29 bits per heavy atom. The molecule has 10 nitrogen and oxygen atoms in total. The quantitative estimate of drug-likeness (QED) is 0.263. The maximum Gasteiger partial charge on any atom is 0.411 e. The first-order valence-electron chi connectivity index (χ1n) is 14.2. The number of nitrogens with zero attached hydrogens (tertiary/aromatic N) is 1. The number of hydrogen-bond acceptors (Lipinski definition) is 7. The van der Waals surface area contributed by atoms with Crippen molar-refractivity contribution in [2.75, 3.05) is 11.9 Å². The van der Waals surface area contributed by atoms with Crippen molar-refractivity contribution < 1.29 is 28.7 Å². The number of carbonyl (C=O) groups is 4. The van der Waals surface area contributed by atoms with E-state index < -0.39 is 35.6 Å². The van der Waals surface area contributed by atoms with Crippen LogP contribution < -0.4 is 16.8 Å². The van der Waals surface area contributed by atoms with Gasteiger partial charge in [0, 0.05) is 11.4 Å². The van der Waals surface area contributed by atoms with Gasteiger partial charge in [-0.15, -0.1) is 11.3 Å². The van der Waals surface area contributed by atoms with E-state index in [-0.39, 0.29) is 24.1 Å². The predicted octanol–water partition coefficient (Wildman–Crippen LogP) is 6.16. The number of urea groups is 1. The molecule has 228 valence electrons. The van der Waals surface area contributed by atoms with Crippen molar-refractivity contribution in [3.05, 3.63) is 47.5 Å². The van der Waals surface area contributed by atoms with Crippen molar-refractivity contribution in [2.24, 2.45) is 17.4 Å². The van der Waals surface area contributed by atoms with E-state index in [9.17, 15) is 19.2 Å². The normalized spacial score (nSPS) is 14.6. The van der Waals surface area contributed by atoms with Crippen LogP contribution in [0.3, 0.4) is 0 Å². The zero-order valence-corrected chi connectivity index (χ0v) is 25.8. The van der Waals surface area contributed by atoms with Crippen LogP contribution in [0.15, 0.2) is 36.4 Å². The number of anilines is 1. The number of nitrogens with one attached hydrogen (secondary N) is 1. The lowest BCUT2D eigenvalue weighted by atomic mass is 10.0. The molecule has 3 rings (SSSR count). The van der Waals surface area contributed by atoms with Crippen LogP contribution >= 0.6 is 11.3 Å². The van der Waals surface area contributed by atoms with E-state index in [0.29, 0.717) is 11.4 Å². The van der Waals surface area contributed by atoms with E-state index in [2.05, 4.69) is 5.32 Å². The molecule has 5 N–H and O–H groups in total. The van der Waals surface area contributed by atoms with Crippen LogP contribution in [0, 0.1) is 5.92 Å². The van der Waals surface area contributed by atoms with Gasteiger partial charge in [0.1, 0.15) is 22.7 Å². The number of esters is 1. The minimum Gasteiger partial charge on any atom is -0.461 e. The Labute approximate surface area is 251 Å². The standard InChI is InChI=1S/C31H42N4O6S/c1-19(2)17-24(28(37)40-22-10-6-7-11-22)35(30(39)41-31(3,4)5)16-8-9-20-12-14-21(15-13-20)25-18-23(26(32)36)27(42-25)34-29(33)38/h8-9,12-15,18-19,22,24H,6-7,10-11,16-17H2,1-5H3,(H2,32,36)(H3,33,34,38)/b9-8+/t24-/m1/s1. The number of ether oxygens (including phenoxy) is 2. The zero-order valence-electron chi connectivity index (χ0n) is 25.0. The second kappa shape index (κ2) is 14.4. The molecule has 1 aromatic carbocycles. The van der Waals surface area contributed by atoms with Crippen molar-refractivity contribution >= 4 is 46.4 Å². The van der Waals surface area contributed by atoms with Crippen LogP contribution in [0.5, 0.6) is 0 Å². The van der Waals surface area contributed by atoms with Crippen LogP contribution in [0.1, 0.15) is 82.6 Å². The largest absolute Gasteiger partial charge is 0.461 e. The lowest BCUT2D eigenvalue weighted by Gasteiger charge is -2.33. The van der Waals surface area contributed by atoms with Gasteiger partial charge in [-0.2, -0.15) is 0 Å². The van der Waals surface area contributed by atoms with Gasteiger partial charge in [-0.25, -0.2) is 14.4 Å². The summed E-state index contributed by atoms with van der Waals surface area (Å²) in [5, 5.41) is 2.73. The number of primary amides is 2. The maximum atomic E-state index is 13.3. The van der Waals surface area contributed by atoms with Crippen molar-refractivity contribution in [3.63, 3.8) is 0 Å². The molecule has 0 saturated heterocycles. The van der Waals surface area contributed by atoms with Gasteiger partial charge < -0.3 is 20.9 Å². The van der Waals surface area contributed by atoms with Gasteiger partial charge in [-0.05, 0) is 76.0 Å². The average molecular weight is 599 g/mol. The number of rotatable bonds is 11. The Morgan fingerprint density at radius 2 is 1.74 bits per heavy atom. The van der Waals surface area contributed by atoms with E-state index in [1.807, 2.05) is 50.3 Å². The Hall–Kier alpha value is -3.86. The lowest BCUT2D eigenvalue weighted by Crippen LogP contribution is -2.49. The third kappa shape index (κ3) is 9.61. The van der Waals surface area contributed by atoms with Gasteiger partial charge >= 0.3 is 18.1 Å². The molecule has 1 fully saturated rings. The number of carbonyl (C=O) groups excluding carboxylic acids is 4. The highest BCUT2D eigenvalue weighted by atomic mass is 32.1. The molecule has 0 spiro atoms. The Balaban J connectivity index is 1.80. The Morgan fingerprint density at radius 1 is 1.10 bits per heavy atom. The first kappa shape index (κ1) is 32.7. The zero-order chi connectivity index (χ0) is 31.0. The summed E-state index contributed by atoms with van der Waals surface area (Å²) in [7, 11) is 0. The smallest absolute Gasteiger partial charge is 0.411 e. The highest BCUT2D eigenvalue weighted by Gasteiger charge is 2.35. The fraction of sp³-hybridized carbons (Fsp3) is 0.484. The molecule has 0 aliphatic heterocycles. The predicted molar refractivity (Wildman–Crippen MR) is 165 cm³/mol. The monoisotopic (exact) mass is 598 g/mol. The van der Waals surface area contributed by atoms with Crippen LogP contribution in [0.4, 0.5) is 14.6 Å². The SMILES string of the molecule is CC(C)C[C@H](C(=O)OC1CCCC1)N(C/C=C/c1ccc(-c2cc(C(N)=O)c(NC(N)=O)s2)cc1)C(=O)OC(C)(C)C. The summed E-state index contributed by atoms with van der Waals surface area (Å²) in [6.07, 6.45) is 7.23. The van der Waals surface area contributed by atoms with Gasteiger partial charge in [-0.3, -0.25) is 15.0 Å². The van der Waals surface area contributed by atoms with E-state index in [4.69, 9.17) is 20.9 Å². The van der Waals surface area contributed by atoms with Gasteiger partial charge in [0.25, 0.3) is 5.91 Å². The van der Waals surface area contributed by atoms with Gasteiger partial charge in [0.15, 0.2) is 0 Å². The second-order valence-corrected chi connectivity index (χ2v) is 12.9. The molecular weight excluding hydrogens is 556 g/mol. The molecule has 0 radical (unpaired) electrons. The van der Waals surface area contributed by atoms with E-state index in [0.717, 1.165) is 41.7 Å². The summed E-state index contributed by atoms with van der Waals surface area (Å²) in [6, 6.07) is 7.57. The van der Waals surface area contributed by atoms with Gasteiger partial charge in [0.05, 0.1) is 5.56 Å². The minimum absolute atomic E-state index is 0.105. The topological polar surface area (TPSA) is 154 Å². The second-order valence-electron chi connectivity index (χ2n) is 11.9. The molecule has 1 aliphatic carbocycles. The molecule has 42 heavy (non-hydrogen) atoms. The molecule has 1 aliphatic rings. The molecular formula is C31H42N4O6S. The molecule has 2 aromatic rings. The summed E-state index contributed by atoms with van der Waals surface area (Å²) in [4.78, 5) is 51.9. The highest BCUT2D eigenvalue weighted by molar-refractivity contribution is 7.20. The van der Waals surface area contributed by atoms with E-state index in [1.54, 1.807) is 26.8 Å². The highest BCUT2D eigenvalue weighted by Crippen LogP contribution is 2.35. The van der Waals surface area contributed by atoms with Gasteiger partial charge in [-0.1, -0.05) is 50.3 Å². The first-order valence-corrected chi connectivity index (χ1v) is 15.0. The molecule has 1 heterocycles. The fourth-order valence-electron chi connectivity index (χ4n) is 4.68. The minimum atomic E-state index is -0.783. The summed E-state index contributed by atoms with van der Waals surface area (Å²) in [5.41, 5.74) is 11.8. The molecule has 4 amide bonds. The lowest BCUT2D eigenvalue weighted by molar-refractivity contribution is -0.155. The van der Waals surface area contributed by atoms with E-state index >= 15 is 0 Å². The molecule has 0 unspecified atom stereocenters. The summed E-state index contributed by atoms with van der Waals surface area (Å²) in [5.74, 6) is -0.910. The van der Waals surface area contributed by atoms with Crippen LogP contribution in [-0.2, 0) is 14.3 Å². The number of nitrogens with two attached hydrogens (primary N) is 2. The molecule has 1 saturated carbocycles. The third-order valence-corrected chi connectivity index (χ3v) is 7.70. The number of thiophene rings is 1. The molecule has 11 heteroatoms. The maximum absolute atomic E-state index is 13.3. The van der Waals surface area contributed by atoms with Crippen molar-refractivity contribution in [3.8, 4) is 10.4 Å².